The van der Waals surface area contributed by atoms with Crippen molar-refractivity contribution in [3.8, 4) is 5.75 Å². The molecule has 0 spiro atoms. The van der Waals surface area contributed by atoms with Crippen LogP contribution in [0, 0.1) is 5.82 Å². The van der Waals surface area contributed by atoms with Crippen molar-refractivity contribution in [2.24, 2.45) is 0 Å². The zero-order valence-electron chi connectivity index (χ0n) is 14.4. The maximum absolute atomic E-state index is 13.7. The molecule has 4 nitrogen and oxygen atoms in total. The van der Waals surface area contributed by atoms with E-state index < -0.39 is 5.82 Å². The summed E-state index contributed by atoms with van der Waals surface area (Å²) in [6.07, 6.45) is 1.96. The second kappa shape index (κ2) is 9.01. The first-order chi connectivity index (χ1) is 12.6. The Kier molecular flexibility index (Phi) is 6.47. The zero-order chi connectivity index (χ0) is 18.4. The summed E-state index contributed by atoms with van der Waals surface area (Å²) in [6, 6.07) is 13.4. The van der Waals surface area contributed by atoms with Gasteiger partial charge in [0.15, 0.2) is 18.2 Å². The number of amides is 1. The topological polar surface area (TPSA) is 38.8 Å². The van der Waals surface area contributed by atoms with Gasteiger partial charge in [-0.1, -0.05) is 35.9 Å². The van der Waals surface area contributed by atoms with E-state index in [4.69, 9.17) is 21.1 Å². The predicted molar refractivity (Wildman–Crippen MR) is 97.7 cm³/mol. The molecule has 0 unspecified atom stereocenters. The highest BCUT2D eigenvalue weighted by atomic mass is 35.5. The van der Waals surface area contributed by atoms with Gasteiger partial charge in [0.2, 0.25) is 0 Å². The molecule has 138 valence electrons. The first kappa shape index (κ1) is 18.7. The summed E-state index contributed by atoms with van der Waals surface area (Å²) in [5.74, 6) is -0.619. The van der Waals surface area contributed by atoms with Gasteiger partial charge in [0.25, 0.3) is 5.91 Å². The van der Waals surface area contributed by atoms with Crippen molar-refractivity contribution in [1.82, 2.24) is 4.90 Å². The molecule has 26 heavy (non-hydrogen) atoms. The first-order valence-corrected chi connectivity index (χ1v) is 9.01. The van der Waals surface area contributed by atoms with E-state index in [1.165, 1.54) is 12.1 Å². The Morgan fingerprint density at radius 3 is 2.69 bits per heavy atom. The predicted octanol–water partition coefficient (Wildman–Crippen LogP) is 4.07. The van der Waals surface area contributed by atoms with E-state index in [1.54, 1.807) is 29.2 Å². The van der Waals surface area contributed by atoms with E-state index in [2.05, 4.69) is 0 Å². The molecule has 2 aromatic rings. The third-order valence-corrected chi connectivity index (χ3v) is 4.53. The number of hydrogen-bond acceptors (Lipinski definition) is 3. The number of benzene rings is 2. The van der Waals surface area contributed by atoms with Crippen LogP contribution in [0.5, 0.6) is 5.75 Å². The van der Waals surface area contributed by atoms with Gasteiger partial charge in [-0.25, -0.2) is 4.39 Å². The Bertz CT molecular complexity index is 732. The number of nitrogens with zero attached hydrogens (tertiary/aromatic N) is 1. The fourth-order valence-electron chi connectivity index (χ4n) is 2.89. The number of hydrogen-bond donors (Lipinski definition) is 0. The summed E-state index contributed by atoms with van der Waals surface area (Å²) in [6.45, 7) is 1.42. The standard InChI is InChI=1S/C20H21ClFNO3/c21-16-9-7-15(8-10-16)12-23(13-17-4-3-11-25-17)20(24)14-26-19-6-2-1-5-18(19)22/h1-2,5-10,17H,3-4,11-14H2/t17-/m1/s1. The molecule has 1 amide bonds. The first-order valence-electron chi connectivity index (χ1n) is 8.63. The van der Waals surface area contributed by atoms with Crippen molar-refractivity contribution in [3.05, 3.63) is 64.9 Å². The highest BCUT2D eigenvalue weighted by Gasteiger charge is 2.23. The Balaban J connectivity index is 1.65. The lowest BCUT2D eigenvalue weighted by molar-refractivity contribution is -0.135. The highest BCUT2D eigenvalue weighted by molar-refractivity contribution is 6.30. The summed E-state index contributed by atoms with van der Waals surface area (Å²) in [4.78, 5) is 14.4. The molecule has 0 bridgehead atoms. The van der Waals surface area contributed by atoms with Crippen molar-refractivity contribution in [1.29, 1.82) is 0 Å². The lowest BCUT2D eigenvalue weighted by atomic mass is 10.2. The molecule has 6 heteroatoms. The van der Waals surface area contributed by atoms with Gasteiger partial charge in [-0.05, 0) is 42.7 Å². The van der Waals surface area contributed by atoms with E-state index >= 15 is 0 Å². The second-order valence-corrected chi connectivity index (χ2v) is 6.69. The average molecular weight is 378 g/mol. The van der Waals surface area contributed by atoms with Gasteiger partial charge in [-0.15, -0.1) is 0 Å². The molecule has 1 saturated heterocycles. The summed E-state index contributed by atoms with van der Waals surface area (Å²) in [7, 11) is 0. The van der Waals surface area contributed by atoms with Crippen molar-refractivity contribution >= 4 is 17.5 Å². The van der Waals surface area contributed by atoms with E-state index in [1.807, 2.05) is 12.1 Å². The van der Waals surface area contributed by atoms with Gasteiger partial charge >= 0.3 is 0 Å². The SMILES string of the molecule is O=C(COc1ccccc1F)N(Cc1ccc(Cl)cc1)C[C@H]1CCCO1. The van der Waals surface area contributed by atoms with E-state index in [-0.39, 0.29) is 24.4 Å². The average Bonchev–Trinajstić information content (AvgIpc) is 3.15. The minimum atomic E-state index is -0.483. The molecule has 0 radical (unpaired) electrons. The Morgan fingerprint density at radius 1 is 1.23 bits per heavy atom. The zero-order valence-corrected chi connectivity index (χ0v) is 15.1. The van der Waals surface area contributed by atoms with E-state index in [0.717, 1.165) is 25.0 Å². The number of carbonyl (C=O) groups is 1. The maximum atomic E-state index is 13.7. The van der Waals surface area contributed by atoms with Crippen LogP contribution in [0.2, 0.25) is 5.02 Å². The smallest absolute Gasteiger partial charge is 0.260 e. The Labute approximate surface area is 157 Å². The highest BCUT2D eigenvalue weighted by Crippen LogP contribution is 2.18. The fourth-order valence-corrected chi connectivity index (χ4v) is 3.02. The summed E-state index contributed by atoms with van der Waals surface area (Å²) < 4.78 is 24.7. The largest absolute Gasteiger partial charge is 0.481 e. The second-order valence-electron chi connectivity index (χ2n) is 6.25. The minimum absolute atomic E-state index is 0.0275. The van der Waals surface area contributed by atoms with E-state index in [9.17, 15) is 9.18 Å². The van der Waals surface area contributed by atoms with Gasteiger partial charge in [-0.2, -0.15) is 0 Å². The van der Waals surface area contributed by atoms with Gasteiger partial charge in [0.1, 0.15) is 0 Å². The lowest BCUT2D eigenvalue weighted by Crippen LogP contribution is -2.39. The third kappa shape index (κ3) is 5.19. The molecule has 0 N–H and O–H groups in total. The molecular formula is C20H21ClFNO3. The molecule has 1 atom stereocenters. The van der Waals surface area contributed by atoms with Crippen LogP contribution >= 0.6 is 11.6 Å². The van der Waals surface area contributed by atoms with Crippen molar-refractivity contribution in [2.75, 3.05) is 19.8 Å². The van der Waals surface area contributed by atoms with Crippen molar-refractivity contribution in [3.63, 3.8) is 0 Å². The molecule has 0 saturated carbocycles. The van der Waals surface area contributed by atoms with Crippen molar-refractivity contribution < 1.29 is 18.7 Å². The fraction of sp³-hybridized carbons (Fsp3) is 0.350. The normalized spacial score (nSPS) is 16.5. The van der Waals surface area contributed by atoms with Gasteiger partial charge < -0.3 is 14.4 Å². The van der Waals surface area contributed by atoms with Crippen LogP contribution in [-0.2, 0) is 16.1 Å². The molecular weight excluding hydrogens is 357 g/mol. The minimum Gasteiger partial charge on any atom is -0.481 e. The van der Waals surface area contributed by atoms with Gasteiger partial charge in [-0.3, -0.25) is 4.79 Å². The van der Waals surface area contributed by atoms with Crippen LogP contribution in [0.4, 0.5) is 4.39 Å². The Hall–Kier alpha value is -2.11. The summed E-state index contributed by atoms with van der Waals surface area (Å²) >= 11 is 5.92. The summed E-state index contributed by atoms with van der Waals surface area (Å²) in [5.41, 5.74) is 0.964. The van der Waals surface area contributed by atoms with Gasteiger partial charge in [0, 0.05) is 24.7 Å². The number of para-hydroxylation sites is 1. The monoisotopic (exact) mass is 377 g/mol. The van der Waals surface area contributed by atoms with Crippen LogP contribution in [-0.4, -0.2) is 36.7 Å². The molecule has 3 rings (SSSR count). The molecule has 0 aliphatic carbocycles. The number of rotatable bonds is 7. The molecule has 1 aliphatic rings. The molecule has 0 aromatic heterocycles. The van der Waals surface area contributed by atoms with Crippen molar-refractivity contribution in [2.45, 2.75) is 25.5 Å². The van der Waals surface area contributed by atoms with Gasteiger partial charge in [0.05, 0.1) is 6.10 Å². The number of halogens is 2. The molecule has 1 fully saturated rings. The van der Waals surface area contributed by atoms with Crippen LogP contribution in [0.15, 0.2) is 48.5 Å². The van der Waals surface area contributed by atoms with Crippen LogP contribution in [0.3, 0.4) is 0 Å². The molecule has 1 heterocycles. The number of ether oxygens (including phenoxy) is 2. The quantitative estimate of drug-likeness (QED) is 0.730. The Morgan fingerprint density at radius 2 is 2.00 bits per heavy atom. The molecule has 1 aliphatic heterocycles. The van der Waals surface area contributed by atoms with Crippen LogP contribution in [0.1, 0.15) is 18.4 Å². The van der Waals surface area contributed by atoms with E-state index in [0.29, 0.717) is 18.1 Å². The maximum Gasteiger partial charge on any atom is 0.260 e. The van der Waals surface area contributed by atoms with Crippen LogP contribution in [0.25, 0.3) is 0 Å². The number of carbonyl (C=O) groups excluding carboxylic acids is 1. The summed E-state index contributed by atoms with van der Waals surface area (Å²) in [5, 5.41) is 0.647. The van der Waals surface area contributed by atoms with Crippen LogP contribution < -0.4 is 4.74 Å². The third-order valence-electron chi connectivity index (χ3n) is 4.28. The lowest BCUT2D eigenvalue weighted by Gasteiger charge is -2.25. The molecule has 2 aromatic carbocycles.